The third kappa shape index (κ3) is 4.46. The van der Waals surface area contributed by atoms with Gasteiger partial charge in [-0.3, -0.25) is 24.1 Å². The van der Waals surface area contributed by atoms with E-state index in [9.17, 15) is 34.5 Å². The Hall–Kier alpha value is -4.14. The molecule has 7 N–H and O–H groups in total. The van der Waals surface area contributed by atoms with E-state index in [1.807, 2.05) is 0 Å². The maximum absolute atomic E-state index is 14.2. The van der Waals surface area contributed by atoms with Crippen LogP contribution in [-0.4, -0.2) is 116 Å². The van der Waals surface area contributed by atoms with Crippen molar-refractivity contribution < 1.29 is 39.3 Å². The van der Waals surface area contributed by atoms with Gasteiger partial charge in [0.2, 0.25) is 11.7 Å². The van der Waals surface area contributed by atoms with Crippen molar-refractivity contribution in [1.82, 2.24) is 15.1 Å². The highest BCUT2D eigenvalue weighted by atomic mass is 16.6. The van der Waals surface area contributed by atoms with Crippen LogP contribution >= 0.6 is 0 Å². The Kier molecular flexibility index (Phi) is 8.02. The molecule has 0 saturated heterocycles. The fourth-order valence-corrected chi connectivity index (χ4v) is 6.37. The number of benzene rings is 1. The lowest BCUT2D eigenvalue weighted by atomic mass is 9.57. The molecule has 0 heterocycles. The maximum Gasteiger partial charge on any atom is 0.258 e. The van der Waals surface area contributed by atoms with Crippen LogP contribution in [0.3, 0.4) is 0 Å². The Balaban J connectivity index is 1.96. The number of nitrogens with one attached hydrogen (secondary N) is 2. The van der Waals surface area contributed by atoms with E-state index in [0.717, 1.165) is 0 Å². The summed E-state index contributed by atoms with van der Waals surface area (Å²) >= 11 is 0. The number of nitrogens with zero attached hydrogens (tertiary/aromatic N) is 3. The van der Waals surface area contributed by atoms with Gasteiger partial charge in [0.25, 0.3) is 5.91 Å². The first-order valence-electron chi connectivity index (χ1n) is 13.4. The summed E-state index contributed by atoms with van der Waals surface area (Å²) in [5.41, 5.74) is -1.93. The quantitative estimate of drug-likeness (QED) is 0.174. The second kappa shape index (κ2) is 10.9. The molecule has 3 aliphatic carbocycles. The fraction of sp³-hybridized carbons (Fsp3) is 0.500. The molecule has 0 aromatic heterocycles. The summed E-state index contributed by atoms with van der Waals surface area (Å²) in [4.78, 5) is 62.5. The third-order valence-corrected chi connectivity index (χ3v) is 8.41. The van der Waals surface area contributed by atoms with Gasteiger partial charge in [0.1, 0.15) is 17.1 Å². The van der Waals surface area contributed by atoms with Gasteiger partial charge >= 0.3 is 0 Å². The van der Waals surface area contributed by atoms with Crippen molar-refractivity contribution in [2.45, 2.75) is 24.5 Å². The minimum absolute atomic E-state index is 0.0247. The molecule has 0 aliphatic heterocycles. The Morgan fingerprint density at radius 3 is 2.31 bits per heavy atom. The molecule has 14 heteroatoms. The molecule has 1 saturated carbocycles. The molecule has 14 nitrogen and oxygen atoms in total. The number of carbonyl (C=O) groups is 4. The van der Waals surface area contributed by atoms with Crippen LogP contribution in [0.25, 0.3) is 5.76 Å². The number of fused-ring (bicyclic) bond motifs is 3. The minimum atomic E-state index is -2.66. The van der Waals surface area contributed by atoms with E-state index in [1.165, 1.54) is 16.8 Å². The van der Waals surface area contributed by atoms with Crippen LogP contribution in [0.15, 0.2) is 23.0 Å². The number of hydrogen-bond acceptors (Lipinski definition) is 12. The lowest BCUT2D eigenvalue weighted by Gasteiger charge is -2.50. The largest absolute Gasteiger partial charge is 0.508 e. The van der Waals surface area contributed by atoms with Crippen molar-refractivity contribution in [3.05, 3.63) is 34.1 Å². The Morgan fingerprint density at radius 2 is 1.79 bits per heavy atom. The zero-order chi connectivity index (χ0) is 31.4. The van der Waals surface area contributed by atoms with Crippen molar-refractivity contribution in [2.24, 2.45) is 17.7 Å². The lowest BCUT2D eigenvalue weighted by Crippen LogP contribution is -2.65. The number of anilines is 2. The average Bonchev–Trinajstić information content (AvgIpc) is 2.92. The van der Waals surface area contributed by atoms with E-state index in [0.29, 0.717) is 11.3 Å². The molecule has 0 bridgehead atoms. The summed E-state index contributed by atoms with van der Waals surface area (Å²) in [7, 11) is 11.2. The first-order valence-corrected chi connectivity index (χ1v) is 13.4. The number of ketones is 2. The summed E-state index contributed by atoms with van der Waals surface area (Å²) < 4.78 is 0. The number of nitrogens with two attached hydrogens (primary N) is 1. The van der Waals surface area contributed by atoms with Crippen molar-refractivity contribution in [3.8, 4) is 5.75 Å². The van der Waals surface area contributed by atoms with Crippen LogP contribution in [0.5, 0.6) is 5.75 Å². The number of aliphatic hydroxyl groups is 3. The van der Waals surface area contributed by atoms with Gasteiger partial charge in [-0.1, -0.05) is 0 Å². The minimum Gasteiger partial charge on any atom is -0.508 e. The molecule has 4 atom stereocenters. The lowest BCUT2D eigenvalue weighted by molar-refractivity contribution is -0.153. The van der Waals surface area contributed by atoms with Crippen LogP contribution in [0.2, 0.25) is 0 Å². The smallest absolute Gasteiger partial charge is 0.258 e. The van der Waals surface area contributed by atoms with Crippen molar-refractivity contribution in [2.75, 3.05) is 66.1 Å². The number of aliphatic hydroxyl groups excluding tert-OH is 2. The number of rotatable bonds is 7. The standard InChI is InChI=1S/C28H38N6O8/c1-30-27(40)20-23(37)21(34(6)7)14-9-12-8-13-16(32(2)3)10-15(31-11-17(35)33(4)5)24(42-29)19(13)22(36)18(12)25(38)28(14,41)26(20)39/h10,12,14,21,31,36,39,41H,8-9,11,29H2,1-7H3,(H,30,40)/t12-,14-,21?,28-/m0/s1. The van der Waals surface area contributed by atoms with E-state index in [1.54, 1.807) is 53.3 Å². The van der Waals surface area contributed by atoms with Gasteiger partial charge in [0.05, 0.1) is 23.8 Å². The predicted molar refractivity (Wildman–Crippen MR) is 154 cm³/mol. The van der Waals surface area contributed by atoms with Crippen LogP contribution in [0.1, 0.15) is 17.5 Å². The highest BCUT2D eigenvalue weighted by Crippen LogP contribution is 2.54. The fourth-order valence-electron chi connectivity index (χ4n) is 6.37. The summed E-state index contributed by atoms with van der Waals surface area (Å²) in [6, 6.07) is 0.615. The van der Waals surface area contributed by atoms with Crippen molar-refractivity contribution >= 4 is 40.5 Å². The van der Waals surface area contributed by atoms with E-state index >= 15 is 0 Å². The van der Waals surface area contributed by atoms with E-state index in [2.05, 4.69) is 10.6 Å². The molecule has 0 spiro atoms. The zero-order valence-corrected chi connectivity index (χ0v) is 24.7. The van der Waals surface area contributed by atoms with E-state index in [4.69, 9.17) is 10.7 Å². The Labute approximate surface area is 243 Å². The SMILES string of the molecule is CNC(=O)C1=C(O)[C@@]2(O)C(=O)C3=C(O)c4c(c(N(C)C)cc(NCC(=O)N(C)C)c4ON)C[C@H]3C[C@H]2C(N(C)C)C1=O. The van der Waals surface area contributed by atoms with Gasteiger partial charge in [-0.25, -0.2) is 0 Å². The molecule has 3 aliphatic rings. The number of likely N-dealkylation sites (N-methyl/N-ethyl adjacent to an activating group) is 3. The highest BCUT2D eigenvalue weighted by molar-refractivity contribution is 6.25. The summed E-state index contributed by atoms with van der Waals surface area (Å²) in [6.07, 6.45) is 0.235. The second-order valence-electron chi connectivity index (χ2n) is 11.5. The van der Waals surface area contributed by atoms with Crippen LogP contribution < -0.4 is 26.3 Å². The molecule has 1 unspecified atom stereocenters. The molecule has 1 fully saturated rings. The molecule has 2 amide bonds. The number of Topliss-reactive ketones (excluding diaryl/α,β-unsaturated/α-hetero) is 2. The normalized spacial score (nSPS) is 25.0. The molecule has 4 rings (SSSR count). The van der Waals surface area contributed by atoms with Gasteiger partial charge in [-0.05, 0) is 44.5 Å². The number of amides is 2. The van der Waals surface area contributed by atoms with Crippen molar-refractivity contribution in [3.63, 3.8) is 0 Å². The third-order valence-electron chi connectivity index (χ3n) is 8.41. The second-order valence-corrected chi connectivity index (χ2v) is 11.5. The van der Waals surface area contributed by atoms with E-state index in [-0.39, 0.29) is 47.9 Å². The zero-order valence-electron chi connectivity index (χ0n) is 24.7. The molecule has 0 radical (unpaired) electrons. The average molecular weight is 587 g/mol. The monoisotopic (exact) mass is 586 g/mol. The van der Waals surface area contributed by atoms with Gasteiger partial charge in [-0.2, -0.15) is 5.90 Å². The highest BCUT2D eigenvalue weighted by Gasteiger charge is 2.64. The Bertz CT molecular complexity index is 1430. The van der Waals surface area contributed by atoms with Gasteiger partial charge in [0.15, 0.2) is 17.1 Å². The summed E-state index contributed by atoms with van der Waals surface area (Å²) in [5, 5.41) is 40.1. The first kappa shape index (κ1) is 30.8. The molecule has 1 aromatic carbocycles. The summed E-state index contributed by atoms with van der Waals surface area (Å²) in [6.45, 7) is -0.115. The van der Waals surface area contributed by atoms with Crippen LogP contribution in [-0.2, 0) is 25.6 Å². The molecule has 228 valence electrons. The van der Waals surface area contributed by atoms with Crippen LogP contribution in [0, 0.1) is 11.8 Å². The molecule has 1 aromatic rings. The first-order chi connectivity index (χ1) is 19.6. The maximum atomic E-state index is 14.2. The predicted octanol–water partition coefficient (Wildman–Crippen LogP) is -0.662. The topological polar surface area (TPSA) is 198 Å². The van der Waals surface area contributed by atoms with Crippen molar-refractivity contribution in [1.29, 1.82) is 0 Å². The molecular weight excluding hydrogens is 548 g/mol. The van der Waals surface area contributed by atoms with Gasteiger partial charge in [0, 0.05) is 52.4 Å². The van der Waals surface area contributed by atoms with Gasteiger partial charge in [-0.15, -0.1) is 0 Å². The molecular formula is C28H38N6O8. The van der Waals surface area contributed by atoms with Crippen LogP contribution in [0.4, 0.5) is 11.4 Å². The Morgan fingerprint density at radius 1 is 1.14 bits per heavy atom. The van der Waals surface area contributed by atoms with Gasteiger partial charge < -0.3 is 40.6 Å². The van der Waals surface area contributed by atoms with E-state index < -0.39 is 58.0 Å². The number of carbonyl (C=O) groups excluding carboxylic acids is 4. The summed E-state index contributed by atoms with van der Waals surface area (Å²) in [5.74, 6) is -0.627. The number of hydrogen-bond donors (Lipinski definition) is 6. The molecule has 42 heavy (non-hydrogen) atoms.